The molecule has 1 N–H and O–H groups in total. The van der Waals surface area contributed by atoms with Crippen molar-refractivity contribution >= 4 is 11.5 Å². The summed E-state index contributed by atoms with van der Waals surface area (Å²) in [5.74, 6) is 2.06. The average Bonchev–Trinajstić information content (AvgIpc) is 2.65. The molecule has 2 aromatic rings. The van der Waals surface area contributed by atoms with Gasteiger partial charge in [-0.2, -0.15) is 0 Å². The van der Waals surface area contributed by atoms with Crippen molar-refractivity contribution in [1.82, 2.24) is 0 Å². The normalized spacial score (nSPS) is 11.9. The van der Waals surface area contributed by atoms with E-state index in [-0.39, 0.29) is 5.75 Å². The van der Waals surface area contributed by atoms with Crippen LogP contribution in [0.1, 0.15) is 11.1 Å². The molecular formula is C14H8O2. The van der Waals surface area contributed by atoms with Gasteiger partial charge in [0.2, 0.25) is 0 Å². The summed E-state index contributed by atoms with van der Waals surface area (Å²) in [5.41, 5.74) is 3.76. The summed E-state index contributed by atoms with van der Waals surface area (Å²) in [6, 6.07) is 12.9. The molecule has 0 fully saturated rings. The Bertz CT molecular complexity index is 635. The third-order valence-electron chi connectivity index (χ3n) is 2.88. The highest BCUT2D eigenvalue weighted by Gasteiger charge is 2.26. The van der Waals surface area contributed by atoms with Crippen LogP contribution < -0.4 is 0 Å². The third-order valence-corrected chi connectivity index (χ3v) is 2.88. The summed E-state index contributed by atoms with van der Waals surface area (Å²) in [6.45, 7) is 0. The molecule has 0 unspecified atom stereocenters. The van der Waals surface area contributed by atoms with Crippen molar-refractivity contribution in [3.63, 3.8) is 0 Å². The monoisotopic (exact) mass is 208 g/mol. The Balaban J connectivity index is 2.48. The summed E-state index contributed by atoms with van der Waals surface area (Å²) in [5, 5.41) is 9.81. The van der Waals surface area contributed by atoms with Gasteiger partial charge in [0.15, 0.2) is 0 Å². The Hall–Kier alpha value is -2.31. The van der Waals surface area contributed by atoms with Crippen molar-refractivity contribution in [2.24, 2.45) is 0 Å². The van der Waals surface area contributed by atoms with E-state index < -0.39 is 0 Å². The number of benzene rings is 2. The van der Waals surface area contributed by atoms with Crippen molar-refractivity contribution in [2.75, 3.05) is 0 Å². The first-order valence-electron chi connectivity index (χ1n) is 5.00. The summed E-state index contributed by atoms with van der Waals surface area (Å²) in [4.78, 5) is 11.0. The Labute approximate surface area is 92.5 Å². The zero-order valence-electron chi connectivity index (χ0n) is 8.40. The SMILES string of the molecule is O=C=C1c2ccccc2-c2cccc(O)c21. The molecule has 2 nitrogen and oxygen atoms in total. The van der Waals surface area contributed by atoms with Crippen LogP contribution in [0.25, 0.3) is 16.7 Å². The van der Waals surface area contributed by atoms with E-state index in [0.717, 1.165) is 16.7 Å². The summed E-state index contributed by atoms with van der Waals surface area (Å²) in [7, 11) is 0. The van der Waals surface area contributed by atoms with Gasteiger partial charge in [-0.05, 0) is 17.2 Å². The van der Waals surface area contributed by atoms with Crippen molar-refractivity contribution in [2.45, 2.75) is 0 Å². The first-order chi connectivity index (χ1) is 7.83. The van der Waals surface area contributed by atoms with Crippen LogP contribution in [0.3, 0.4) is 0 Å². The maximum atomic E-state index is 11.0. The maximum absolute atomic E-state index is 11.0. The van der Waals surface area contributed by atoms with Crippen LogP contribution in [-0.2, 0) is 4.79 Å². The first-order valence-corrected chi connectivity index (χ1v) is 5.00. The summed E-state index contributed by atoms with van der Waals surface area (Å²) < 4.78 is 0. The van der Waals surface area contributed by atoms with Crippen LogP contribution in [0.4, 0.5) is 0 Å². The van der Waals surface area contributed by atoms with Crippen LogP contribution in [0.5, 0.6) is 5.75 Å². The van der Waals surface area contributed by atoms with E-state index in [0.29, 0.717) is 11.1 Å². The molecule has 2 aromatic carbocycles. The Morgan fingerprint density at radius 2 is 1.56 bits per heavy atom. The number of carbonyl (C=O) groups excluding carboxylic acids is 1. The number of fused-ring (bicyclic) bond motifs is 3. The van der Waals surface area contributed by atoms with Crippen molar-refractivity contribution in [1.29, 1.82) is 0 Å². The third kappa shape index (κ3) is 0.992. The largest absolute Gasteiger partial charge is 0.507 e. The molecule has 0 saturated carbocycles. The molecule has 0 aromatic heterocycles. The number of rotatable bonds is 0. The molecule has 0 radical (unpaired) electrons. The smallest absolute Gasteiger partial charge is 0.133 e. The van der Waals surface area contributed by atoms with Crippen molar-refractivity contribution in [3.8, 4) is 16.9 Å². The van der Waals surface area contributed by atoms with Gasteiger partial charge in [-0.1, -0.05) is 36.4 Å². The maximum Gasteiger partial charge on any atom is 0.133 e. The second-order valence-electron chi connectivity index (χ2n) is 3.72. The van der Waals surface area contributed by atoms with Gasteiger partial charge in [0.1, 0.15) is 11.7 Å². The van der Waals surface area contributed by atoms with Crippen LogP contribution >= 0.6 is 0 Å². The van der Waals surface area contributed by atoms with Gasteiger partial charge in [0.05, 0.1) is 5.57 Å². The fraction of sp³-hybridized carbons (Fsp3) is 0. The number of phenolic OH excluding ortho intramolecular Hbond substituents is 1. The van der Waals surface area contributed by atoms with E-state index in [9.17, 15) is 9.90 Å². The minimum Gasteiger partial charge on any atom is -0.507 e. The van der Waals surface area contributed by atoms with Crippen LogP contribution in [-0.4, -0.2) is 11.0 Å². The van der Waals surface area contributed by atoms with Gasteiger partial charge in [-0.15, -0.1) is 0 Å². The van der Waals surface area contributed by atoms with Gasteiger partial charge < -0.3 is 5.11 Å². The molecule has 1 aliphatic carbocycles. The molecule has 0 aliphatic heterocycles. The summed E-state index contributed by atoms with van der Waals surface area (Å²) in [6.07, 6.45) is 0. The predicted molar refractivity (Wildman–Crippen MR) is 61.7 cm³/mol. The van der Waals surface area contributed by atoms with E-state index in [2.05, 4.69) is 0 Å². The van der Waals surface area contributed by atoms with E-state index >= 15 is 0 Å². The highest BCUT2D eigenvalue weighted by molar-refractivity contribution is 6.11. The number of aromatic hydroxyl groups is 1. The van der Waals surface area contributed by atoms with Gasteiger partial charge in [-0.25, -0.2) is 4.79 Å². The fourth-order valence-electron chi connectivity index (χ4n) is 2.20. The highest BCUT2D eigenvalue weighted by Crippen LogP contribution is 2.46. The first kappa shape index (κ1) is 8.96. The molecule has 76 valence electrons. The summed E-state index contributed by atoms with van der Waals surface area (Å²) >= 11 is 0. The van der Waals surface area contributed by atoms with Gasteiger partial charge in [0.25, 0.3) is 0 Å². The molecule has 0 amide bonds. The molecule has 0 spiro atoms. The van der Waals surface area contributed by atoms with Crippen LogP contribution in [0, 0.1) is 0 Å². The molecule has 0 bridgehead atoms. The van der Waals surface area contributed by atoms with Gasteiger partial charge in [-0.3, -0.25) is 0 Å². The zero-order valence-corrected chi connectivity index (χ0v) is 8.40. The molecule has 3 rings (SSSR count). The topological polar surface area (TPSA) is 37.3 Å². The molecule has 0 heterocycles. The van der Waals surface area contributed by atoms with Gasteiger partial charge in [0, 0.05) is 11.1 Å². The van der Waals surface area contributed by atoms with Crippen LogP contribution in [0.2, 0.25) is 0 Å². The molecule has 1 aliphatic rings. The fourth-order valence-corrected chi connectivity index (χ4v) is 2.20. The Morgan fingerprint density at radius 1 is 0.875 bits per heavy atom. The molecular weight excluding hydrogens is 200 g/mol. The Kier molecular flexibility index (Phi) is 1.73. The minimum atomic E-state index is 0.132. The van der Waals surface area contributed by atoms with E-state index in [1.165, 1.54) is 0 Å². The zero-order chi connectivity index (χ0) is 11.1. The lowest BCUT2D eigenvalue weighted by atomic mass is 10.1. The molecule has 16 heavy (non-hydrogen) atoms. The van der Waals surface area contributed by atoms with Crippen molar-refractivity contribution in [3.05, 3.63) is 53.6 Å². The number of phenols is 1. The lowest BCUT2D eigenvalue weighted by Gasteiger charge is -2.01. The second-order valence-corrected chi connectivity index (χ2v) is 3.72. The number of hydrogen-bond acceptors (Lipinski definition) is 2. The lowest BCUT2D eigenvalue weighted by Crippen LogP contribution is -1.82. The quantitative estimate of drug-likeness (QED) is 0.576. The second kappa shape index (κ2) is 3.09. The molecule has 0 saturated heterocycles. The Morgan fingerprint density at radius 3 is 2.31 bits per heavy atom. The average molecular weight is 208 g/mol. The highest BCUT2D eigenvalue weighted by atomic mass is 16.3. The van der Waals surface area contributed by atoms with E-state index in [1.807, 2.05) is 36.3 Å². The molecule has 2 heteroatoms. The van der Waals surface area contributed by atoms with E-state index in [1.54, 1.807) is 12.1 Å². The van der Waals surface area contributed by atoms with Crippen LogP contribution in [0.15, 0.2) is 42.5 Å². The predicted octanol–water partition coefficient (Wildman–Crippen LogP) is 2.64. The standard InChI is InChI=1S/C14H8O2/c15-8-12-10-5-2-1-4-9(10)11-6-3-7-13(16)14(11)12/h1-7,16H. The van der Waals surface area contributed by atoms with Crippen molar-refractivity contribution < 1.29 is 9.90 Å². The lowest BCUT2D eigenvalue weighted by molar-refractivity contribution is 0.474. The van der Waals surface area contributed by atoms with E-state index in [4.69, 9.17) is 0 Å². The minimum absolute atomic E-state index is 0.132. The molecule has 0 atom stereocenters. The van der Waals surface area contributed by atoms with Gasteiger partial charge >= 0.3 is 0 Å². The number of hydrogen-bond donors (Lipinski definition) is 1.